The number of nitrogens with zero attached hydrogens (tertiary/aromatic N) is 1. The fraction of sp³-hybridized carbons (Fsp3) is 0.227. The smallest absolute Gasteiger partial charge is 0.308 e. The van der Waals surface area contributed by atoms with Crippen molar-refractivity contribution in [2.75, 3.05) is 6.61 Å². The van der Waals surface area contributed by atoms with Crippen LogP contribution in [0.4, 0.5) is 0 Å². The highest BCUT2D eigenvalue weighted by Gasteiger charge is 2.24. The van der Waals surface area contributed by atoms with Gasteiger partial charge in [0, 0.05) is 11.3 Å². The number of carbonyl (C=O) groups excluding carboxylic acids is 3. The lowest BCUT2D eigenvalue weighted by Gasteiger charge is -2.19. The summed E-state index contributed by atoms with van der Waals surface area (Å²) in [7, 11) is 0. The number of nitriles is 1. The summed E-state index contributed by atoms with van der Waals surface area (Å²) < 4.78 is 4.99. The Bertz CT molecular complexity index is 920. The predicted molar refractivity (Wildman–Crippen MR) is 106 cm³/mol. The fourth-order valence-corrected chi connectivity index (χ4v) is 2.64. The molecule has 7 nitrogen and oxygen atoms in total. The van der Waals surface area contributed by atoms with Crippen molar-refractivity contribution in [3.05, 3.63) is 71.8 Å². The molecule has 148 valence electrons. The van der Waals surface area contributed by atoms with Crippen LogP contribution < -0.4 is 5.32 Å². The summed E-state index contributed by atoms with van der Waals surface area (Å²) >= 11 is 0. The summed E-state index contributed by atoms with van der Waals surface area (Å²) in [6.07, 6.45) is -0.184. The minimum atomic E-state index is -1.23. The molecule has 0 spiro atoms. The maximum atomic E-state index is 12.5. The summed E-state index contributed by atoms with van der Waals surface area (Å²) in [5, 5.41) is 19.2. The first-order valence-corrected chi connectivity index (χ1v) is 8.96. The van der Waals surface area contributed by atoms with Crippen molar-refractivity contribution in [3.8, 4) is 6.07 Å². The molecule has 2 aromatic carbocycles. The lowest BCUT2D eigenvalue weighted by Crippen LogP contribution is -2.31. The quantitative estimate of drug-likeness (QED) is 0.503. The summed E-state index contributed by atoms with van der Waals surface area (Å²) in [6, 6.07) is 18.6. The normalized spacial score (nSPS) is 12.1. The molecule has 2 rings (SSSR count). The van der Waals surface area contributed by atoms with E-state index in [9.17, 15) is 14.4 Å². The third-order valence-corrected chi connectivity index (χ3v) is 4.17. The van der Waals surface area contributed by atoms with Crippen molar-refractivity contribution in [2.24, 2.45) is 5.92 Å². The first-order valence-electron chi connectivity index (χ1n) is 8.96. The van der Waals surface area contributed by atoms with Crippen LogP contribution in [0.3, 0.4) is 0 Å². The Morgan fingerprint density at radius 2 is 1.66 bits per heavy atom. The van der Waals surface area contributed by atoms with Gasteiger partial charge >= 0.3 is 5.97 Å². The van der Waals surface area contributed by atoms with Gasteiger partial charge in [0.25, 0.3) is 5.91 Å². The number of ether oxygens (including phenoxy) is 1. The third kappa shape index (κ3) is 6.40. The molecular formula is C22H21N3O4. The number of nitrogens with one attached hydrogen (secondary N) is 2. The molecule has 1 unspecified atom stereocenters. The van der Waals surface area contributed by atoms with Gasteiger partial charge in [-0.05, 0) is 24.6 Å². The highest BCUT2D eigenvalue weighted by atomic mass is 16.5. The van der Waals surface area contributed by atoms with Crippen LogP contribution in [-0.4, -0.2) is 30.0 Å². The van der Waals surface area contributed by atoms with Crippen LogP contribution in [0.15, 0.2) is 60.7 Å². The predicted octanol–water partition coefficient (Wildman–Crippen LogP) is 2.84. The van der Waals surface area contributed by atoms with E-state index in [0.717, 1.165) is 0 Å². The van der Waals surface area contributed by atoms with E-state index < -0.39 is 30.3 Å². The lowest BCUT2D eigenvalue weighted by molar-refractivity contribution is -0.148. The van der Waals surface area contributed by atoms with Gasteiger partial charge in [-0.25, -0.2) is 0 Å². The largest absolute Gasteiger partial charge is 0.458 e. The zero-order valence-corrected chi connectivity index (χ0v) is 15.9. The maximum Gasteiger partial charge on any atom is 0.308 e. The van der Waals surface area contributed by atoms with Gasteiger partial charge in [-0.15, -0.1) is 0 Å². The molecule has 0 aliphatic rings. The number of hydrogen-bond acceptors (Lipinski definition) is 6. The minimum absolute atomic E-state index is 0.106. The third-order valence-electron chi connectivity index (χ3n) is 4.17. The zero-order valence-electron chi connectivity index (χ0n) is 15.9. The van der Waals surface area contributed by atoms with Crippen molar-refractivity contribution in [2.45, 2.75) is 19.4 Å². The monoisotopic (exact) mass is 391 g/mol. The van der Waals surface area contributed by atoms with Crippen LogP contribution in [0, 0.1) is 22.7 Å². The van der Waals surface area contributed by atoms with Crippen LogP contribution in [-0.2, 0) is 14.3 Å². The Morgan fingerprint density at radius 3 is 2.21 bits per heavy atom. The van der Waals surface area contributed by atoms with E-state index in [0.29, 0.717) is 11.1 Å². The molecule has 7 heteroatoms. The molecule has 2 N–H and O–H groups in total. The topological polar surface area (TPSA) is 120 Å². The van der Waals surface area contributed by atoms with Crippen LogP contribution in [0.1, 0.15) is 35.3 Å². The molecule has 0 bridgehead atoms. The van der Waals surface area contributed by atoms with Crippen LogP contribution in [0.2, 0.25) is 0 Å². The van der Waals surface area contributed by atoms with Crippen molar-refractivity contribution in [1.82, 2.24) is 5.32 Å². The van der Waals surface area contributed by atoms with E-state index in [1.165, 1.54) is 6.92 Å². The van der Waals surface area contributed by atoms with Crippen molar-refractivity contribution >= 4 is 23.4 Å². The van der Waals surface area contributed by atoms with Gasteiger partial charge in [-0.3, -0.25) is 14.4 Å². The van der Waals surface area contributed by atoms with Crippen molar-refractivity contribution in [3.63, 3.8) is 0 Å². The minimum Gasteiger partial charge on any atom is -0.458 e. The first-order chi connectivity index (χ1) is 13.9. The van der Waals surface area contributed by atoms with Gasteiger partial charge in [0.1, 0.15) is 5.92 Å². The SMILES string of the molecule is CC(=N)C(C#N)C(=O)COC(=O)C[C@@H](NC(=O)c1ccccc1)c1ccccc1. The fourth-order valence-electron chi connectivity index (χ4n) is 2.64. The molecule has 2 atom stereocenters. The lowest BCUT2D eigenvalue weighted by atomic mass is 10.0. The molecule has 0 heterocycles. The van der Waals surface area contributed by atoms with Gasteiger partial charge in [0.15, 0.2) is 12.4 Å². The van der Waals surface area contributed by atoms with Gasteiger partial charge < -0.3 is 15.5 Å². The number of Topliss-reactive ketones (excluding diaryl/α,β-unsaturated/α-hetero) is 1. The second-order valence-electron chi connectivity index (χ2n) is 6.38. The highest BCUT2D eigenvalue weighted by Crippen LogP contribution is 2.18. The Morgan fingerprint density at radius 1 is 1.07 bits per heavy atom. The molecule has 0 aliphatic heterocycles. The molecule has 1 amide bonds. The van der Waals surface area contributed by atoms with E-state index in [1.54, 1.807) is 60.7 Å². The molecular weight excluding hydrogens is 370 g/mol. The number of carbonyl (C=O) groups is 3. The molecule has 29 heavy (non-hydrogen) atoms. The zero-order chi connectivity index (χ0) is 21.2. The average Bonchev–Trinajstić information content (AvgIpc) is 2.73. The Hall–Kier alpha value is -3.79. The number of esters is 1. The van der Waals surface area contributed by atoms with Gasteiger partial charge in [0.05, 0.1) is 18.5 Å². The van der Waals surface area contributed by atoms with E-state index in [2.05, 4.69) is 5.32 Å². The molecule has 0 saturated carbocycles. The van der Waals surface area contributed by atoms with Gasteiger partial charge in [0.2, 0.25) is 0 Å². The number of hydrogen-bond donors (Lipinski definition) is 2. The van der Waals surface area contributed by atoms with E-state index in [1.807, 2.05) is 6.07 Å². The van der Waals surface area contributed by atoms with Gasteiger partial charge in [-0.2, -0.15) is 5.26 Å². The molecule has 0 aromatic heterocycles. The average molecular weight is 391 g/mol. The van der Waals surface area contributed by atoms with Crippen LogP contribution >= 0.6 is 0 Å². The van der Waals surface area contributed by atoms with Crippen LogP contribution in [0.25, 0.3) is 0 Å². The molecule has 2 aromatic rings. The van der Waals surface area contributed by atoms with Crippen molar-refractivity contribution in [1.29, 1.82) is 10.7 Å². The summed E-state index contributed by atoms with van der Waals surface area (Å²) in [6.45, 7) is 0.750. The molecule has 0 fully saturated rings. The molecule has 0 aliphatic carbocycles. The maximum absolute atomic E-state index is 12.5. The second-order valence-corrected chi connectivity index (χ2v) is 6.38. The summed E-state index contributed by atoms with van der Waals surface area (Å²) in [4.78, 5) is 36.7. The number of ketones is 1. The highest BCUT2D eigenvalue weighted by molar-refractivity contribution is 6.06. The van der Waals surface area contributed by atoms with Crippen molar-refractivity contribution < 1.29 is 19.1 Å². The Balaban J connectivity index is 2.05. The van der Waals surface area contributed by atoms with E-state index in [4.69, 9.17) is 15.4 Å². The molecule has 0 saturated heterocycles. The number of amides is 1. The Labute approximate surface area is 168 Å². The molecule has 0 radical (unpaired) electrons. The summed E-state index contributed by atoms with van der Waals surface area (Å²) in [5.41, 5.74) is 1.06. The van der Waals surface area contributed by atoms with Gasteiger partial charge in [-0.1, -0.05) is 48.5 Å². The number of rotatable bonds is 9. The number of benzene rings is 2. The first kappa shape index (κ1) is 21.5. The standard InChI is InChI=1S/C22H21N3O4/c1-15(24)18(13-23)20(26)14-29-21(27)12-19(16-8-4-2-5-9-16)25-22(28)17-10-6-3-7-11-17/h2-11,18-19,24H,12,14H2,1H3,(H,25,28)/t18?,19-/m1/s1. The van der Waals surface area contributed by atoms with Crippen LogP contribution in [0.5, 0.6) is 0 Å². The van der Waals surface area contributed by atoms with E-state index in [-0.39, 0.29) is 18.0 Å². The summed E-state index contributed by atoms with van der Waals surface area (Å²) in [5.74, 6) is -2.92. The second kappa shape index (κ2) is 10.5. The van der Waals surface area contributed by atoms with E-state index >= 15 is 0 Å². The Kier molecular flexibility index (Phi) is 7.80.